The molecule has 166 valence electrons. The van der Waals surface area contributed by atoms with Gasteiger partial charge >= 0.3 is 0 Å². The number of aromatic nitrogens is 3. The van der Waals surface area contributed by atoms with Crippen molar-refractivity contribution in [1.29, 1.82) is 0 Å². The van der Waals surface area contributed by atoms with Crippen LogP contribution in [0.3, 0.4) is 0 Å². The molecule has 33 heavy (non-hydrogen) atoms. The van der Waals surface area contributed by atoms with Gasteiger partial charge < -0.3 is 19.9 Å². The SMILES string of the molecule is Cc1cccnc1-n1c(C)cc([C@H]2[C@@H](c3ccccn3)NC(=S)N2c2ccc(O)cc2)c1C. The van der Waals surface area contributed by atoms with Gasteiger partial charge in [-0.15, -0.1) is 0 Å². The van der Waals surface area contributed by atoms with E-state index in [-0.39, 0.29) is 17.8 Å². The standard InChI is InChI=1S/C26H25N5OS/c1-16-7-6-14-28-25(16)30-17(2)15-21(18(30)3)24-23(22-8-4-5-13-27-22)29-26(33)31(24)19-9-11-20(32)12-10-19/h4-15,23-24,32H,1-3H3,(H,29,33)/t23-,24+/m1/s1. The number of anilines is 1. The molecule has 4 aromatic rings. The Kier molecular flexibility index (Phi) is 5.34. The maximum atomic E-state index is 9.83. The predicted octanol–water partition coefficient (Wildman–Crippen LogP) is 5.08. The van der Waals surface area contributed by atoms with Crippen LogP contribution in [0.15, 0.2) is 73.1 Å². The Morgan fingerprint density at radius 2 is 1.70 bits per heavy atom. The monoisotopic (exact) mass is 455 g/mol. The third-order valence-electron chi connectivity index (χ3n) is 6.21. The normalized spacial score (nSPS) is 17.9. The fourth-order valence-corrected chi connectivity index (χ4v) is 5.03. The largest absolute Gasteiger partial charge is 0.508 e. The van der Waals surface area contributed by atoms with Crippen LogP contribution in [0.1, 0.15) is 40.3 Å². The highest BCUT2D eigenvalue weighted by Crippen LogP contribution is 2.43. The van der Waals surface area contributed by atoms with Gasteiger partial charge in [0.2, 0.25) is 0 Å². The number of nitrogens with one attached hydrogen (secondary N) is 1. The zero-order chi connectivity index (χ0) is 23.1. The van der Waals surface area contributed by atoms with Crippen molar-refractivity contribution in [2.45, 2.75) is 32.9 Å². The highest BCUT2D eigenvalue weighted by molar-refractivity contribution is 7.80. The fraction of sp³-hybridized carbons (Fsp3) is 0.192. The lowest BCUT2D eigenvalue weighted by atomic mass is 9.96. The minimum Gasteiger partial charge on any atom is -0.508 e. The predicted molar refractivity (Wildman–Crippen MR) is 134 cm³/mol. The van der Waals surface area contributed by atoms with Crippen LogP contribution in [0.5, 0.6) is 5.75 Å². The van der Waals surface area contributed by atoms with Gasteiger partial charge in [0.1, 0.15) is 11.6 Å². The van der Waals surface area contributed by atoms with E-state index >= 15 is 0 Å². The van der Waals surface area contributed by atoms with Gasteiger partial charge in [0.15, 0.2) is 5.11 Å². The van der Waals surface area contributed by atoms with Crippen molar-refractivity contribution in [2.75, 3.05) is 4.90 Å². The van der Waals surface area contributed by atoms with Crippen LogP contribution in [0.25, 0.3) is 5.82 Å². The second kappa shape index (κ2) is 8.33. The van der Waals surface area contributed by atoms with Crippen molar-refractivity contribution >= 4 is 23.0 Å². The Morgan fingerprint density at radius 1 is 0.939 bits per heavy atom. The van der Waals surface area contributed by atoms with Crippen LogP contribution in [0, 0.1) is 20.8 Å². The van der Waals surface area contributed by atoms with Gasteiger partial charge in [-0.2, -0.15) is 0 Å². The van der Waals surface area contributed by atoms with Gasteiger partial charge in [-0.05, 0) is 92.6 Å². The molecule has 0 saturated carbocycles. The highest BCUT2D eigenvalue weighted by atomic mass is 32.1. The van der Waals surface area contributed by atoms with E-state index in [2.05, 4.69) is 57.7 Å². The van der Waals surface area contributed by atoms with E-state index in [1.807, 2.05) is 42.6 Å². The minimum atomic E-state index is -0.133. The summed E-state index contributed by atoms with van der Waals surface area (Å²) >= 11 is 5.81. The molecule has 0 spiro atoms. The number of aryl methyl sites for hydroxylation is 2. The Hall–Kier alpha value is -3.71. The summed E-state index contributed by atoms with van der Waals surface area (Å²) in [5, 5.41) is 13.9. The summed E-state index contributed by atoms with van der Waals surface area (Å²) in [4.78, 5) is 11.4. The van der Waals surface area contributed by atoms with E-state index in [0.717, 1.165) is 39.7 Å². The van der Waals surface area contributed by atoms with Crippen LogP contribution in [0.4, 0.5) is 5.69 Å². The van der Waals surface area contributed by atoms with E-state index < -0.39 is 0 Å². The summed E-state index contributed by atoms with van der Waals surface area (Å²) in [6.07, 6.45) is 3.63. The summed E-state index contributed by atoms with van der Waals surface area (Å²) in [7, 11) is 0. The molecule has 1 saturated heterocycles. The molecule has 0 unspecified atom stereocenters. The van der Waals surface area contributed by atoms with Crippen molar-refractivity contribution in [3.63, 3.8) is 0 Å². The minimum absolute atomic E-state index is 0.124. The summed E-state index contributed by atoms with van der Waals surface area (Å²) in [6, 6.07) is 19.1. The molecule has 5 rings (SSSR count). The first-order valence-corrected chi connectivity index (χ1v) is 11.3. The Labute approximate surface area is 198 Å². The topological polar surface area (TPSA) is 66.2 Å². The summed E-state index contributed by atoms with van der Waals surface area (Å²) < 4.78 is 2.20. The molecule has 3 aromatic heterocycles. The fourth-order valence-electron chi connectivity index (χ4n) is 4.69. The average molecular weight is 456 g/mol. The molecular weight excluding hydrogens is 430 g/mol. The lowest BCUT2D eigenvalue weighted by Gasteiger charge is -2.28. The first-order valence-electron chi connectivity index (χ1n) is 10.9. The van der Waals surface area contributed by atoms with Gasteiger partial charge in [0, 0.05) is 29.5 Å². The Morgan fingerprint density at radius 3 is 2.39 bits per heavy atom. The van der Waals surface area contributed by atoms with Crippen LogP contribution in [-0.2, 0) is 0 Å². The first-order chi connectivity index (χ1) is 16.0. The molecule has 1 aliphatic rings. The van der Waals surface area contributed by atoms with E-state index in [1.165, 1.54) is 0 Å². The number of rotatable bonds is 4. The quantitative estimate of drug-likeness (QED) is 0.419. The van der Waals surface area contributed by atoms with Crippen LogP contribution >= 0.6 is 12.2 Å². The molecule has 0 aliphatic carbocycles. The number of pyridine rings is 2. The number of aromatic hydroxyl groups is 1. The van der Waals surface area contributed by atoms with Gasteiger partial charge in [-0.1, -0.05) is 12.1 Å². The highest BCUT2D eigenvalue weighted by Gasteiger charge is 2.42. The van der Waals surface area contributed by atoms with Crippen molar-refractivity contribution in [1.82, 2.24) is 19.9 Å². The molecule has 1 aromatic carbocycles. The summed E-state index contributed by atoms with van der Waals surface area (Å²) in [5.41, 5.74) is 6.30. The van der Waals surface area contributed by atoms with Crippen LogP contribution in [0.2, 0.25) is 0 Å². The molecule has 1 fully saturated rings. The van der Waals surface area contributed by atoms with Crippen molar-refractivity contribution in [3.8, 4) is 11.6 Å². The number of thiocarbonyl (C=S) groups is 1. The molecule has 0 amide bonds. The van der Waals surface area contributed by atoms with Crippen molar-refractivity contribution in [2.24, 2.45) is 0 Å². The molecule has 2 N–H and O–H groups in total. The third-order valence-corrected chi connectivity index (χ3v) is 6.52. The first kappa shape index (κ1) is 21.2. The van der Waals surface area contributed by atoms with Crippen molar-refractivity contribution in [3.05, 3.63) is 101 Å². The van der Waals surface area contributed by atoms with Crippen molar-refractivity contribution < 1.29 is 5.11 Å². The van der Waals surface area contributed by atoms with E-state index in [9.17, 15) is 5.11 Å². The summed E-state index contributed by atoms with van der Waals surface area (Å²) in [6.45, 7) is 6.31. The number of nitrogens with zero attached hydrogens (tertiary/aromatic N) is 4. The average Bonchev–Trinajstić information content (AvgIpc) is 3.31. The second-order valence-corrected chi connectivity index (χ2v) is 8.71. The molecule has 6 nitrogen and oxygen atoms in total. The molecule has 1 aliphatic heterocycles. The van der Waals surface area contributed by atoms with Crippen LogP contribution < -0.4 is 10.2 Å². The smallest absolute Gasteiger partial charge is 0.174 e. The summed E-state index contributed by atoms with van der Waals surface area (Å²) in [5.74, 6) is 1.15. The Bertz CT molecular complexity index is 1320. The zero-order valence-corrected chi connectivity index (χ0v) is 19.5. The van der Waals surface area contributed by atoms with Crippen LogP contribution in [-0.4, -0.2) is 24.8 Å². The second-order valence-electron chi connectivity index (χ2n) is 8.32. The van der Waals surface area contributed by atoms with Gasteiger partial charge in [0.05, 0.1) is 17.8 Å². The number of hydrogen-bond acceptors (Lipinski definition) is 4. The molecule has 4 heterocycles. The molecule has 0 bridgehead atoms. The number of phenols is 1. The molecular formula is C26H25N5OS. The number of benzene rings is 1. The maximum absolute atomic E-state index is 9.83. The molecule has 2 atom stereocenters. The van der Waals surface area contributed by atoms with Gasteiger partial charge in [-0.3, -0.25) is 4.98 Å². The van der Waals surface area contributed by atoms with E-state index in [4.69, 9.17) is 12.2 Å². The number of hydrogen-bond donors (Lipinski definition) is 2. The maximum Gasteiger partial charge on any atom is 0.174 e. The lowest BCUT2D eigenvalue weighted by Crippen LogP contribution is -2.29. The molecule has 0 radical (unpaired) electrons. The lowest BCUT2D eigenvalue weighted by molar-refractivity contribution is 0.475. The Balaban J connectivity index is 1.69. The third kappa shape index (κ3) is 3.64. The van der Waals surface area contributed by atoms with E-state index in [0.29, 0.717) is 5.11 Å². The van der Waals surface area contributed by atoms with Gasteiger partial charge in [-0.25, -0.2) is 4.98 Å². The number of phenolic OH excluding ortho intramolecular Hbond substituents is 1. The van der Waals surface area contributed by atoms with E-state index in [1.54, 1.807) is 18.3 Å². The molecule has 7 heteroatoms. The van der Waals surface area contributed by atoms with Gasteiger partial charge in [0.25, 0.3) is 0 Å². The zero-order valence-electron chi connectivity index (χ0n) is 18.7.